The van der Waals surface area contributed by atoms with E-state index in [1.165, 1.54) is 76.2 Å². The van der Waals surface area contributed by atoms with E-state index in [1.807, 2.05) is 0 Å². The molecule has 1 aliphatic rings. The van der Waals surface area contributed by atoms with Gasteiger partial charge in [0.15, 0.2) is 0 Å². The van der Waals surface area contributed by atoms with Crippen LogP contribution in [0.2, 0.25) is 0 Å². The van der Waals surface area contributed by atoms with Crippen molar-refractivity contribution in [2.24, 2.45) is 17.6 Å². The summed E-state index contributed by atoms with van der Waals surface area (Å²) in [6.07, 6.45) is 22.9. The molecule has 3 N–H and O–H groups in total. The monoisotopic (exact) mass is 455 g/mol. The number of unbranched alkanes of at least 4 members (excludes halogenated alkanes) is 6. The number of carboxylic acids is 1. The summed E-state index contributed by atoms with van der Waals surface area (Å²) in [6, 6.07) is 10.9. The molecule has 0 bridgehead atoms. The van der Waals surface area contributed by atoms with Crippen LogP contribution in [0.4, 0.5) is 0 Å². The normalized spacial score (nSPS) is 17.4. The first-order valence-corrected chi connectivity index (χ1v) is 13.7. The number of rotatable bonds is 18. The molecule has 3 nitrogen and oxygen atoms in total. The summed E-state index contributed by atoms with van der Waals surface area (Å²) in [5.41, 5.74) is 7.57. The van der Waals surface area contributed by atoms with E-state index in [1.54, 1.807) is 0 Å². The minimum absolute atomic E-state index is 0.148. The Bertz CT molecular complexity index is 663. The molecule has 186 valence electrons. The van der Waals surface area contributed by atoms with Crippen molar-refractivity contribution in [1.82, 2.24) is 0 Å². The molecule has 1 aliphatic carbocycles. The Kier molecular flexibility index (Phi) is 13.5. The Hall–Kier alpha value is -1.61. The van der Waals surface area contributed by atoms with Crippen molar-refractivity contribution in [2.45, 2.75) is 115 Å². The van der Waals surface area contributed by atoms with Crippen LogP contribution >= 0.6 is 0 Å². The number of carbonyl (C=O) groups is 1. The second kappa shape index (κ2) is 16.1. The molecular formula is C30H49NO2. The van der Waals surface area contributed by atoms with Crippen molar-refractivity contribution < 1.29 is 9.90 Å². The summed E-state index contributed by atoms with van der Waals surface area (Å²) in [7, 11) is 0. The number of hydrogen-bond donors (Lipinski definition) is 2. The summed E-state index contributed by atoms with van der Waals surface area (Å²) >= 11 is 0. The first-order chi connectivity index (χ1) is 16.1. The molecule has 1 aromatic rings. The van der Waals surface area contributed by atoms with E-state index in [-0.39, 0.29) is 17.8 Å². The maximum atomic E-state index is 11.8. The molecule has 0 heterocycles. The molecule has 0 aromatic heterocycles. The van der Waals surface area contributed by atoms with Crippen LogP contribution in [0, 0.1) is 11.8 Å². The smallest absolute Gasteiger partial charge is 0.303 e. The number of aliphatic carboxylic acids is 1. The number of carboxylic acid groups (broad SMARTS) is 1. The largest absolute Gasteiger partial charge is 0.481 e. The van der Waals surface area contributed by atoms with E-state index < -0.39 is 5.97 Å². The maximum Gasteiger partial charge on any atom is 0.303 e. The lowest BCUT2D eigenvalue weighted by molar-refractivity contribution is -0.138. The molecule has 2 rings (SSSR count). The van der Waals surface area contributed by atoms with Gasteiger partial charge in [0.25, 0.3) is 0 Å². The molecule has 2 unspecified atom stereocenters. The van der Waals surface area contributed by atoms with Crippen LogP contribution in [0.1, 0.15) is 115 Å². The van der Waals surface area contributed by atoms with E-state index in [0.717, 1.165) is 25.7 Å². The molecule has 0 radical (unpaired) electrons. The zero-order valence-corrected chi connectivity index (χ0v) is 21.1. The highest BCUT2D eigenvalue weighted by Crippen LogP contribution is 2.48. The average Bonchev–Trinajstić information content (AvgIpc) is 3.29. The predicted octanol–water partition coefficient (Wildman–Crippen LogP) is 8.03. The van der Waals surface area contributed by atoms with Crippen molar-refractivity contribution in [3.63, 3.8) is 0 Å². The summed E-state index contributed by atoms with van der Waals surface area (Å²) in [5, 5.41) is 9.74. The van der Waals surface area contributed by atoms with Crippen molar-refractivity contribution in [3.05, 3.63) is 48.0 Å². The molecule has 0 amide bonds. The first-order valence-electron chi connectivity index (χ1n) is 13.7. The second-order valence-electron chi connectivity index (χ2n) is 10.4. The summed E-state index contributed by atoms with van der Waals surface area (Å²) in [6.45, 7) is 2.90. The Morgan fingerprint density at radius 3 is 2.24 bits per heavy atom. The summed E-state index contributed by atoms with van der Waals surface area (Å²) < 4.78 is 0. The Labute approximate surface area is 203 Å². The molecule has 1 saturated carbocycles. The van der Waals surface area contributed by atoms with Crippen molar-refractivity contribution in [1.29, 1.82) is 0 Å². The lowest BCUT2D eigenvalue weighted by Gasteiger charge is -2.37. The zero-order chi connectivity index (χ0) is 23.8. The van der Waals surface area contributed by atoms with Crippen molar-refractivity contribution >= 4 is 5.97 Å². The second-order valence-corrected chi connectivity index (χ2v) is 10.4. The zero-order valence-electron chi connectivity index (χ0n) is 21.1. The fourth-order valence-electron chi connectivity index (χ4n) is 6.01. The number of hydrogen-bond acceptors (Lipinski definition) is 2. The van der Waals surface area contributed by atoms with Gasteiger partial charge in [-0.2, -0.15) is 0 Å². The molecule has 1 fully saturated rings. The van der Waals surface area contributed by atoms with Crippen LogP contribution in [0.15, 0.2) is 42.5 Å². The van der Waals surface area contributed by atoms with Gasteiger partial charge in [-0.3, -0.25) is 4.79 Å². The topological polar surface area (TPSA) is 63.3 Å². The van der Waals surface area contributed by atoms with Gasteiger partial charge in [-0.15, -0.1) is 0 Å². The van der Waals surface area contributed by atoms with E-state index in [4.69, 9.17) is 5.73 Å². The Balaban J connectivity index is 1.93. The highest BCUT2D eigenvalue weighted by atomic mass is 16.4. The van der Waals surface area contributed by atoms with Crippen LogP contribution in [-0.4, -0.2) is 17.6 Å². The standard InChI is InChI=1S/C30H49NO2/c1-2-3-4-5-6-7-8-9-10-12-17-26(20-23-31)27(24-29(32)33)25-30(21-15-16-22-30)28-18-13-11-14-19-28/h7-8,11,13-14,18-19,26-27H,2-6,9-10,12,15-17,20-25,31H2,1H3,(H,32,33). The highest BCUT2D eigenvalue weighted by molar-refractivity contribution is 5.67. The van der Waals surface area contributed by atoms with Crippen molar-refractivity contribution in [3.8, 4) is 0 Å². The predicted molar refractivity (Wildman–Crippen MR) is 140 cm³/mol. The van der Waals surface area contributed by atoms with Crippen LogP contribution in [0.25, 0.3) is 0 Å². The highest BCUT2D eigenvalue weighted by Gasteiger charge is 2.39. The maximum absolute atomic E-state index is 11.8. The van der Waals surface area contributed by atoms with Gasteiger partial charge < -0.3 is 10.8 Å². The lowest BCUT2D eigenvalue weighted by atomic mass is 9.68. The molecule has 0 spiro atoms. The first kappa shape index (κ1) is 27.6. The van der Waals surface area contributed by atoms with Gasteiger partial charge in [-0.05, 0) is 80.7 Å². The minimum atomic E-state index is -0.658. The van der Waals surface area contributed by atoms with Gasteiger partial charge in [-0.25, -0.2) is 0 Å². The van der Waals surface area contributed by atoms with Gasteiger partial charge in [0, 0.05) is 6.42 Å². The van der Waals surface area contributed by atoms with E-state index in [9.17, 15) is 9.90 Å². The Morgan fingerprint density at radius 2 is 1.64 bits per heavy atom. The van der Waals surface area contributed by atoms with Crippen LogP contribution < -0.4 is 5.73 Å². The molecular weight excluding hydrogens is 406 g/mol. The molecule has 33 heavy (non-hydrogen) atoms. The number of nitrogens with two attached hydrogens (primary N) is 1. The minimum Gasteiger partial charge on any atom is -0.481 e. The van der Waals surface area contributed by atoms with Crippen LogP contribution in [0.3, 0.4) is 0 Å². The molecule has 1 aromatic carbocycles. The SMILES string of the molecule is CCCCCCC=CCCCCC(CCN)C(CC(=O)O)CC1(c2ccccc2)CCCC1. The van der Waals surface area contributed by atoms with Crippen LogP contribution in [0.5, 0.6) is 0 Å². The van der Waals surface area contributed by atoms with Gasteiger partial charge in [0.2, 0.25) is 0 Å². The fraction of sp³-hybridized carbons (Fsp3) is 0.700. The summed E-state index contributed by atoms with van der Waals surface area (Å²) in [4.78, 5) is 11.8. The van der Waals surface area contributed by atoms with Crippen molar-refractivity contribution in [2.75, 3.05) is 6.54 Å². The quantitative estimate of drug-likeness (QED) is 0.174. The van der Waals surface area contributed by atoms with Gasteiger partial charge in [0.05, 0.1) is 0 Å². The van der Waals surface area contributed by atoms with Crippen LogP contribution in [-0.2, 0) is 10.2 Å². The van der Waals surface area contributed by atoms with E-state index in [2.05, 4.69) is 49.4 Å². The Morgan fingerprint density at radius 1 is 0.970 bits per heavy atom. The van der Waals surface area contributed by atoms with E-state index in [0.29, 0.717) is 12.5 Å². The fourth-order valence-corrected chi connectivity index (χ4v) is 6.01. The average molecular weight is 456 g/mol. The lowest BCUT2D eigenvalue weighted by Crippen LogP contribution is -2.31. The molecule has 0 aliphatic heterocycles. The number of benzene rings is 1. The molecule has 3 heteroatoms. The molecule has 2 atom stereocenters. The van der Waals surface area contributed by atoms with Gasteiger partial charge in [0.1, 0.15) is 0 Å². The number of allylic oxidation sites excluding steroid dienone is 2. The van der Waals surface area contributed by atoms with Gasteiger partial charge in [-0.1, -0.05) is 94.4 Å². The van der Waals surface area contributed by atoms with E-state index >= 15 is 0 Å². The summed E-state index contributed by atoms with van der Waals surface area (Å²) in [5.74, 6) is -0.0435. The molecule has 0 saturated heterocycles. The third kappa shape index (κ3) is 10.0. The third-order valence-electron chi connectivity index (χ3n) is 7.83. The third-order valence-corrected chi connectivity index (χ3v) is 7.83. The van der Waals surface area contributed by atoms with Gasteiger partial charge >= 0.3 is 5.97 Å².